The highest BCUT2D eigenvalue weighted by Crippen LogP contribution is 2.27. The molecular formula is C21H28N2O4. The van der Waals surface area contributed by atoms with Crippen LogP contribution in [0, 0.1) is 5.92 Å². The molecule has 1 aromatic carbocycles. The van der Waals surface area contributed by atoms with Crippen molar-refractivity contribution in [3.8, 4) is 0 Å². The molecule has 1 aliphatic carbocycles. The molecular weight excluding hydrogens is 344 g/mol. The van der Waals surface area contributed by atoms with Crippen LogP contribution in [-0.4, -0.2) is 41.8 Å². The first kappa shape index (κ1) is 19.6. The molecule has 0 unspecified atom stereocenters. The summed E-state index contributed by atoms with van der Waals surface area (Å²) < 4.78 is 5.83. The lowest BCUT2D eigenvalue weighted by Gasteiger charge is -2.34. The fraction of sp³-hybridized carbons (Fsp3) is 0.524. The lowest BCUT2D eigenvalue weighted by atomic mass is 9.84. The van der Waals surface area contributed by atoms with Gasteiger partial charge in [-0.2, -0.15) is 0 Å². The lowest BCUT2D eigenvalue weighted by Crippen LogP contribution is -2.51. The Morgan fingerprint density at radius 1 is 1.22 bits per heavy atom. The summed E-state index contributed by atoms with van der Waals surface area (Å²) in [4.78, 5) is 24.5. The molecule has 0 spiro atoms. The minimum absolute atomic E-state index is 0.0193. The Hall–Kier alpha value is -2.18. The van der Waals surface area contributed by atoms with Crippen LogP contribution in [0.2, 0.25) is 0 Å². The van der Waals surface area contributed by atoms with Crippen LogP contribution in [0.1, 0.15) is 44.2 Å². The van der Waals surface area contributed by atoms with Crippen LogP contribution < -0.4 is 10.6 Å². The average molecular weight is 372 g/mol. The van der Waals surface area contributed by atoms with Crippen LogP contribution in [0.4, 0.5) is 0 Å². The number of ether oxygens (including phenoxy) is 1. The van der Waals surface area contributed by atoms with Gasteiger partial charge in [-0.05, 0) is 25.3 Å². The van der Waals surface area contributed by atoms with E-state index in [1.165, 1.54) is 0 Å². The van der Waals surface area contributed by atoms with Crippen molar-refractivity contribution >= 4 is 11.8 Å². The minimum Gasteiger partial charge on any atom is -0.394 e. The smallest absolute Gasteiger partial charge is 0.223 e. The molecule has 3 rings (SSSR count). The highest BCUT2D eigenvalue weighted by atomic mass is 16.5. The Labute approximate surface area is 160 Å². The second kappa shape index (κ2) is 9.15. The molecule has 2 aliphatic rings. The van der Waals surface area contributed by atoms with Gasteiger partial charge >= 0.3 is 0 Å². The third-order valence-electron chi connectivity index (χ3n) is 5.31. The van der Waals surface area contributed by atoms with Crippen LogP contribution in [0.15, 0.2) is 42.5 Å². The van der Waals surface area contributed by atoms with Gasteiger partial charge in [0.05, 0.1) is 31.2 Å². The molecule has 0 aromatic heterocycles. The van der Waals surface area contributed by atoms with E-state index in [0.29, 0.717) is 0 Å². The van der Waals surface area contributed by atoms with Crippen LogP contribution in [0.3, 0.4) is 0 Å². The van der Waals surface area contributed by atoms with Crippen LogP contribution >= 0.6 is 0 Å². The summed E-state index contributed by atoms with van der Waals surface area (Å²) in [6.45, 7) is 1.73. The Balaban J connectivity index is 1.51. The number of carbonyl (C=O) groups is 2. The summed E-state index contributed by atoms with van der Waals surface area (Å²) in [5, 5.41) is 15.5. The summed E-state index contributed by atoms with van der Waals surface area (Å²) in [6.07, 6.45) is 5.80. The number of amides is 2. The Kier molecular flexibility index (Phi) is 6.63. The number of rotatable bonds is 7. The van der Waals surface area contributed by atoms with Gasteiger partial charge in [0.2, 0.25) is 11.8 Å². The summed E-state index contributed by atoms with van der Waals surface area (Å²) in [7, 11) is 0. The third kappa shape index (κ3) is 5.17. The molecule has 4 atom stereocenters. The van der Waals surface area contributed by atoms with E-state index in [1.54, 1.807) is 6.08 Å². The molecule has 6 nitrogen and oxygen atoms in total. The maximum atomic E-state index is 12.3. The van der Waals surface area contributed by atoms with Gasteiger partial charge in [-0.1, -0.05) is 48.9 Å². The molecule has 6 heteroatoms. The second-order valence-electron chi connectivity index (χ2n) is 7.35. The van der Waals surface area contributed by atoms with Crippen molar-refractivity contribution in [2.24, 2.45) is 5.92 Å². The van der Waals surface area contributed by atoms with E-state index in [9.17, 15) is 14.7 Å². The van der Waals surface area contributed by atoms with Crippen molar-refractivity contribution in [3.05, 3.63) is 48.0 Å². The zero-order chi connectivity index (χ0) is 19.2. The molecule has 146 valence electrons. The highest BCUT2D eigenvalue weighted by Gasteiger charge is 2.32. The molecule has 1 aliphatic heterocycles. The summed E-state index contributed by atoms with van der Waals surface area (Å²) in [5.74, 6) is -0.0128. The number of aliphatic hydroxyl groups is 1. The molecule has 3 N–H and O–H groups in total. The summed E-state index contributed by atoms with van der Waals surface area (Å²) in [5.41, 5.74) is 1.04. The van der Waals surface area contributed by atoms with E-state index in [1.807, 2.05) is 43.3 Å². The normalized spacial score (nSPS) is 26.1. The molecule has 0 radical (unpaired) electrons. The first-order valence-corrected chi connectivity index (χ1v) is 9.66. The number of hydrogen-bond acceptors (Lipinski definition) is 4. The SMILES string of the molecule is C[C@H](NC(=O)C[C@@H]1C=C[C@@H](NC(=O)C2CCC2)[C@@H](CO)O1)c1ccccc1. The standard InChI is InChI=1S/C21H28N2O4/c1-14(15-6-3-2-4-7-15)22-20(25)12-17-10-11-18(19(13-24)27-17)23-21(26)16-8-5-9-16/h2-4,6-7,10-11,14,16-19,24H,5,8-9,12-13H2,1H3,(H,22,25)(H,23,26)/t14-,17-,18+,19+/m0/s1. The lowest BCUT2D eigenvalue weighted by molar-refractivity contribution is -0.132. The largest absolute Gasteiger partial charge is 0.394 e. The molecule has 1 heterocycles. The maximum Gasteiger partial charge on any atom is 0.223 e. The predicted octanol–water partition coefficient (Wildman–Crippen LogP) is 1.85. The molecule has 27 heavy (non-hydrogen) atoms. The number of hydrogen-bond donors (Lipinski definition) is 3. The molecule has 1 aromatic rings. The molecule has 1 fully saturated rings. The van der Waals surface area contributed by atoms with Gasteiger partial charge in [-0.3, -0.25) is 9.59 Å². The maximum absolute atomic E-state index is 12.3. The number of carbonyl (C=O) groups excluding carboxylic acids is 2. The number of nitrogens with one attached hydrogen (secondary N) is 2. The molecule has 0 saturated heterocycles. The van der Waals surface area contributed by atoms with Gasteiger partial charge in [-0.25, -0.2) is 0 Å². The van der Waals surface area contributed by atoms with Crippen LogP contribution in [-0.2, 0) is 14.3 Å². The van der Waals surface area contributed by atoms with Gasteiger partial charge in [0.1, 0.15) is 6.10 Å². The second-order valence-corrected chi connectivity index (χ2v) is 7.35. The summed E-state index contributed by atoms with van der Waals surface area (Å²) >= 11 is 0. The van der Waals surface area contributed by atoms with Gasteiger partial charge in [0.25, 0.3) is 0 Å². The number of benzene rings is 1. The zero-order valence-electron chi connectivity index (χ0n) is 15.6. The van der Waals surface area contributed by atoms with Gasteiger partial charge in [0.15, 0.2) is 0 Å². The molecule has 2 amide bonds. The van der Waals surface area contributed by atoms with Gasteiger partial charge in [-0.15, -0.1) is 0 Å². The van der Waals surface area contributed by atoms with E-state index >= 15 is 0 Å². The topological polar surface area (TPSA) is 87.7 Å². The van der Waals surface area contributed by atoms with E-state index in [4.69, 9.17) is 4.74 Å². The molecule has 1 saturated carbocycles. The third-order valence-corrected chi connectivity index (χ3v) is 5.31. The van der Waals surface area contributed by atoms with Crippen molar-refractivity contribution in [2.45, 2.75) is 56.9 Å². The van der Waals surface area contributed by atoms with Crippen molar-refractivity contribution in [1.29, 1.82) is 0 Å². The van der Waals surface area contributed by atoms with Crippen LogP contribution in [0.25, 0.3) is 0 Å². The first-order valence-electron chi connectivity index (χ1n) is 9.66. The van der Waals surface area contributed by atoms with Gasteiger partial charge in [0, 0.05) is 5.92 Å². The van der Waals surface area contributed by atoms with Crippen molar-refractivity contribution in [2.75, 3.05) is 6.61 Å². The van der Waals surface area contributed by atoms with E-state index in [-0.39, 0.29) is 42.8 Å². The average Bonchev–Trinajstić information content (AvgIpc) is 2.62. The fourth-order valence-corrected chi connectivity index (χ4v) is 3.40. The van der Waals surface area contributed by atoms with Crippen molar-refractivity contribution < 1.29 is 19.4 Å². The number of aliphatic hydroxyl groups excluding tert-OH is 1. The van der Waals surface area contributed by atoms with E-state index in [0.717, 1.165) is 24.8 Å². The van der Waals surface area contributed by atoms with Gasteiger partial charge < -0.3 is 20.5 Å². The Morgan fingerprint density at radius 2 is 1.96 bits per heavy atom. The van der Waals surface area contributed by atoms with Crippen LogP contribution in [0.5, 0.6) is 0 Å². The Bertz CT molecular complexity index is 672. The predicted molar refractivity (Wildman–Crippen MR) is 102 cm³/mol. The van der Waals surface area contributed by atoms with Crippen molar-refractivity contribution in [1.82, 2.24) is 10.6 Å². The summed E-state index contributed by atoms with van der Waals surface area (Å²) in [6, 6.07) is 9.32. The van der Waals surface area contributed by atoms with Crippen molar-refractivity contribution in [3.63, 3.8) is 0 Å². The quantitative estimate of drug-likeness (QED) is 0.638. The minimum atomic E-state index is -0.539. The van der Waals surface area contributed by atoms with E-state index < -0.39 is 12.2 Å². The van der Waals surface area contributed by atoms with E-state index in [2.05, 4.69) is 10.6 Å². The fourth-order valence-electron chi connectivity index (χ4n) is 3.40. The first-order chi connectivity index (χ1) is 13.1. The zero-order valence-corrected chi connectivity index (χ0v) is 15.6. The highest BCUT2D eigenvalue weighted by molar-refractivity contribution is 5.80. The Morgan fingerprint density at radius 3 is 2.59 bits per heavy atom. The molecule has 0 bridgehead atoms. The monoisotopic (exact) mass is 372 g/mol.